The van der Waals surface area contributed by atoms with Gasteiger partial charge in [0.25, 0.3) is 0 Å². The van der Waals surface area contributed by atoms with E-state index >= 15 is 0 Å². The average Bonchev–Trinajstić information content (AvgIpc) is 2.25. The van der Waals surface area contributed by atoms with E-state index in [0.717, 1.165) is 23.7 Å². The Morgan fingerprint density at radius 1 is 1.31 bits per heavy atom. The van der Waals surface area contributed by atoms with Crippen molar-refractivity contribution in [1.82, 2.24) is 9.97 Å². The van der Waals surface area contributed by atoms with E-state index in [2.05, 4.69) is 9.97 Å². The van der Waals surface area contributed by atoms with E-state index in [4.69, 9.17) is 16.3 Å². The van der Waals surface area contributed by atoms with Gasteiger partial charge in [0.1, 0.15) is 5.52 Å². The Bertz CT molecular complexity index is 525. The van der Waals surface area contributed by atoms with Crippen LogP contribution in [0.25, 0.3) is 10.9 Å². The zero-order valence-corrected chi connectivity index (χ0v) is 9.44. The topological polar surface area (TPSA) is 35.0 Å². The summed E-state index contributed by atoms with van der Waals surface area (Å²) in [6, 6.07) is 3.84. The molecule has 16 heavy (non-hydrogen) atoms. The Hall–Kier alpha value is -1.35. The van der Waals surface area contributed by atoms with Crippen LogP contribution >= 0.6 is 11.6 Å². The minimum atomic E-state index is 0.284. The Morgan fingerprint density at radius 3 is 2.94 bits per heavy atom. The third kappa shape index (κ3) is 1.61. The summed E-state index contributed by atoms with van der Waals surface area (Å²) in [5, 5.41) is 1.36. The summed E-state index contributed by atoms with van der Waals surface area (Å²) in [4.78, 5) is 8.42. The molecule has 4 heteroatoms. The van der Waals surface area contributed by atoms with Crippen LogP contribution in [-0.2, 0) is 0 Å². The molecule has 0 saturated heterocycles. The molecule has 0 bridgehead atoms. The predicted octanol–water partition coefficient (Wildman–Crippen LogP) is 3.21. The molecular formula is C12H11ClN2O. The van der Waals surface area contributed by atoms with Crippen molar-refractivity contribution >= 4 is 22.5 Å². The molecule has 0 spiro atoms. The van der Waals surface area contributed by atoms with Crippen molar-refractivity contribution in [2.45, 2.75) is 25.4 Å². The third-order valence-corrected chi connectivity index (χ3v) is 3.16. The molecule has 0 radical (unpaired) electrons. The highest BCUT2D eigenvalue weighted by atomic mass is 35.5. The first-order chi connectivity index (χ1) is 7.84. The van der Waals surface area contributed by atoms with Crippen LogP contribution in [0.1, 0.15) is 19.3 Å². The molecule has 0 aliphatic heterocycles. The van der Waals surface area contributed by atoms with Crippen molar-refractivity contribution in [3.05, 3.63) is 29.7 Å². The number of ether oxygens (including phenoxy) is 1. The van der Waals surface area contributed by atoms with Crippen LogP contribution in [0.3, 0.4) is 0 Å². The van der Waals surface area contributed by atoms with Crippen molar-refractivity contribution < 1.29 is 4.74 Å². The Labute approximate surface area is 98.4 Å². The fourth-order valence-corrected chi connectivity index (χ4v) is 1.94. The quantitative estimate of drug-likeness (QED) is 0.749. The maximum atomic E-state index is 6.05. The van der Waals surface area contributed by atoms with Gasteiger partial charge in [0.15, 0.2) is 10.9 Å². The van der Waals surface area contributed by atoms with Gasteiger partial charge in [-0.2, -0.15) is 0 Å². The number of rotatable bonds is 2. The summed E-state index contributed by atoms with van der Waals surface area (Å²) in [6.45, 7) is 0. The Balaban J connectivity index is 2.08. The fraction of sp³-hybridized carbons (Fsp3) is 0.333. The fourth-order valence-electron chi connectivity index (χ4n) is 1.75. The first-order valence-corrected chi connectivity index (χ1v) is 5.78. The number of hydrogen-bond donors (Lipinski definition) is 0. The molecule has 1 fully saturated rings. The maximum absolute atomic E-state index is 6.05. The molecule has 1 aliphatic rings. The monoisotopic (exact) mass is 234 g/mol. The molecule has 3 nitrogen and oxygen atoms in total. The zero-order chi connectivity index (χ0) is 11.0. The van der Waals surface area contributed by atoms with Gasteiger partial charge >= 0.3 is 0 Å². The van der Waals surface area contributed by atoms with Crippen LogP contribution in [0.2, 0.25) is 5.15 Å². The summed E-state index contributed by atoms with van der Waals surface area (Å²) in [5.41, 5.74) is 0.800. The normalized spacial score (nSPS) is 16.1. The number of halogens is 1. The Kier molecular flexibility index (Phi) is 2.40. The van der Waals surface area contributed by atoms with Crippen LogP contribution in [0.15, 0.2) is 24.5 Å². The minimum Gasteiger partial charge on any atom is -0.485 e. The van der Waals surface area contributed by atoms with E-state index in [1.165, 1.54) is 6.42 Å². The van der Waals surface area contributed by atoms with Crippen molar-refractivity contribution in [2.75, 3.05) is 0 Å². The van der Waals surface area contributed by atoms with Crippen LogP contribution in [0.4, 0.5) is 0 Å². The summed E-state index contributed by atoms with van der Waals surface area (Å²) in [6.07, 6.45) is 7.17. The molecule has 0 N–H and O–H groups in total. The van der Waals surface area contributed by atoms with Crippen molar-refractivity contribution in [2.24, 2.45) is 0 Å². The lowest BCUT2D eigenvalue weighted by Gasteiger charge is -2.26. The highest BCUT2D eigenvalue weighted by Gasteiger charge is 2.22. The molecule has 0 aromatic carbocycles. The predicted molar refractivity (Wildman–Crippen MR) is 62.8 cm³/mol. The molecule has 0 atom stereocenters. The van der Waals surface area contributed by atoms with Gasteiger partial charge in [-0.25, -0.2) is 4.98 Å². The van der Waals surface area contributed by atoms with Crippen LogP contribution in [0, 0.1) is 0 Å². The molecule has 1 saturated carbocycles. The molecule has 82 valence electrons. The first kappa shape index (κ1) is 9.85. The highest BCUT2D eigenvalue weighted by molar-refractivity contribution is 6.31. The van der Waals surface area contributed by atoms with E-state index < -0.39 is 0 Å². The number of pyridine rings is 2. The molecule has 2 aromatic heterocycles. The van der Waals surface area contributed by atoms with Gasteiger partial charge < -0.3 is 4.74 Å². The lowest BCUT2D eigenvalue weighted by Crippen LogP contribution is -2.25. The lowest BCUT2D eigenvalue weighted by atomic mass is 9.96. The second-order valence-electron chi connectivity index (χ2n) is 3.99. The molecule has 2 heterocycles. The number of hydrogen-bond acceptors (Lipinski definition) is 3. The third-order valence-electron chi connectivity index (χ3n) is 2.90. The van der Waals surface area contributed by atoms with Crippen LogP contribution in [0.5, 0.6) is 5.75 Å². The first-order valence-electron chi connectivity index (χ1n) is 5.40. The maximum Gasteiger partial charge on any atom is 0.183 e. The number of fused-ring (bicyclic) bond motifs is 1. The van der Waals surface area contributed by atoms with E-state index in [-0.39, 0.29) is 6.10 Å². The van der Waals surface area contributed by atoms with E-state index in [9.17, 15) is 0 Å². The molecule has 1 aliphatic carbocycles. The van der Waals surface area contributed by atoms with Crippen LogP contribution < -0.4 is 4.74 Å². The molecule has 2 aromatic rings. The number of aromatic nitrogens is 2. The van der Waals surface area contributed by atoms with Gasteiger partial charge in [0, 0.05) is 17.8 Å². The average molecular weight is 235 g/mol. The SMILES string of the molecule is Clc1ncc2cccnc2c1OC1CCC1. The lowest BCUT2D eigenvalue weighted by molar-refractivity contribution is 0.121. The molecular weight excluding hydrogens is 224 g/mol. The van der Waals surface area contributed by atoms with Crippen molar-refractivity contribution in [1.29, 1.82) is 0 Å². The van der Waals surface area contributed by atoms with E-state index in [1.54, 1.807) is 12.4 Å². The van der Waals surface area contributed by atoms with Gasteiger partial charge in [0.2, 0.25) is 0 Å². The summed E-state index contributed by atoms with van der Waals surface area (Å²) < 4.78 is 5.84. The Morgan fingerprint density at radius 2 is 2.19 bits per heavy atom. The van der Waals surface area contributed by atoms with E-state index in [1.807, 2.05) is 12.1 Å². The van der Waals surface area contributed by atoms with Gasteiger partial charge in [0.05, 0.1) is 6.10 Å². The van der Waals surface area contributed by atoms with Gasteiger partial charge in [-0.05, 0) is 31.4 Å². The second kappa shape index (κ2) is 3.91. The second-order valence-corrected chi connectivity index (χ2v) is 4.35. The highest BCUT2D eigenvalue weighted by Crippen LogP contribution is 2.34. The molecule has 0 amide bonds. The minimum absolute atomic E-state index is 0.284. The smallest absolute Gasteiger partial charge is 0.183 e. The molecule has 3 rings (SSSR count). The molecule has 0 unspecified atom stereocenters. The summed E-state index contributed by atoms with van der Waals surface area (Å²) in [5.74, 6) is 0.629. The summed E-state index contributed by atoms with van der Waals surface area (Å²) in [7, 11) is 0. The van der Waals surface area contributed by atoms with Gasteiger partial charge in [-0.3, -0.25) is 4.98 Å². The number of nitrogens with zero attached hydrogens (tertiary/aromatic N) is 2. The standard InChI is InChI=1S/C12H11ClN2O/c13-12-11(16-9-4-1-5-9)10-8(7-15-12)3-2-6-14-10/h2-3,6-7,9H,1,4-5H2. The van der Waals surface area contributed by atoms with Gasteiger partial charge in [-0.15, -0.1) is 0 Å². The van der Waals surface area contributed by atoms with Crippen LogP contribution in [-0.4, -0.2) is 16.1 Å². The van der Waals surface area contributed by atoms with Crippen molar-refractivity contribution in [3.8, 4) is 5.75 Å². The summed E-state index contributed by atoms with van der Waals surface area (Å²) >= 11 is 6.05. The van der Waals surface area contributed by atoms with Gasteiger partial charge in [-0.1, -0.05) is 11.6 Å². The zero-order valence-electron chi connectivity index (χ0n) is 8.69. The largest absolute Gasteiger partial charge is 0.485 e. The van der Waals surface area contributed by atoms with Crippen molar-refractivity contribution in [3.63, 3.8) is 0 Å². The van der Waals surface area contributed by atoms with E-state index in [0.29, 0.717) is 10.9 Å².